The highest BCUT2D eigenvalue weighted by Crippen LogP contribution is 2.25. The largest absolute Gasteiger partial charge is 0.451 e. The number of hydrogen-bond donors (Lipinski definition) is 1. The molecule has 0 saturated heterocycles. The summed E-state index contributed by atoms with van der Waals surface area (Å²) < 4.78 is 20.2. The predicted octanol–water partition coefficient (Wildman–Crippen LogP) is 4.32. The Bertz CT molecular complexity index is 1280. The number of nitrogens with zero attached hydrogens (tertiary/aromatic N) is 2. The van der Waals surface area contributed by atoms with Crippen molar-refractivity contribution in [3.63, 3.8) is 0 Å². The molecule has 2 aromatic carbocycles. The van der Waals surface area contributed by atoms with E-state index in [4.69, 9.17) is 4.42 Å². The first-order valence-corrected chi connectivity index (χ1v) is 12.1. The molecule has 0 fully saturated rings. The van der Waals surface area contributed by atoms with Gasteiger partial charge < -0.3 is 19.5 Å². The zero-order chi connectivity index (χ0) is 26.6. The van der Waals surface area contributed by atoms with Crippen molar-refractivity contribution in [1.82, 2.24) is 15.1 Å². The summed E-state index contributed by atoms with van der Waals surface area (Å²) in [7, 11) is 3.16. The number of nitrogens with one attached hydrogen (secondary N) is 1. The van der Waals surface area contributed by atoms with E-state index in [0.717, 1.165) is 22.9 Å². The van der Waals surface area contributed by atoms with Crippen LogP contribution in [0.1, 0.15) is 54.9 Å². The SMILES string of the molecule is CCc1ccc2oc(C(=O)N(CC(=O)N(C)C)C(C)(C)C(=O)NCc3c(F)cccc3CC)cc2c1. The van der Waals surface area contributed by atoms with Crippen LogP contribution in [-0.2, 0) is 29.0 Å². The second-order valence-electron chi connectivity index (χ2n) is 9.49. The van der Waals surface area contributed by atoms with Crippen LogP contribution in [-0.4, -0.2) is 53.7 Å². The van der Waals surface area contributed by atoms with Crippen LogP contribution in [0, 0.1) is 5.82 Å². The molecule has 0 aliphatic heterocycles. The lowest BCUT2D eigenvalue weighted by molar-refractivity contribution is -0.135. The molecule has 3 aromatic rings. The molecule has 0 unspecified atom stereocenters. The molecule has 0 saturated carbocycles. The topological polar surface area (TPSA) is 82.9 Å². The van der Waals surface area contributed by atoms with E-state index in [0.29, 0.717) is 17.6 Å². The van der Waals surface area contributed by atoms with Crippen LogP contribution < -0.4 is 5.32 Å². The van der Waals surface area contributed by atoms with Crippen molar-refractivity contribution in [2.45, 2.75) is 52.6 Å². The average Bonchev–Trinajstić information content (AvgIpc) is 3.28. The maximum atomic E-state index is 14.4. The van der Waals surface area contributed by atoms with E-state index in [1.807, 2.05) is 32.0 Å². The lowest BCUT2D eigenvalue weighted by Crippen LogP contribution is -2.59. The minimum Gasteiger partial charge on any atom is -0.451 e. The number of rotatable bonds is 9. The highest BCUT2D eigenvalue weighted by atomic mass is 19.1. The molecule has 36 heavy (non-hydrogen) atoms. The maximum absolute atomic E-state index is 14.4. The average molecular weight is 496 g/mol. The van der Waals surface area contributed by atoms with Crippen molar-refractivity contribution in [2.24, 2.45) is 0 Å². The van der Waals surface area contributed by atoms with E-state index in [1.165, 1.54) is 15.9 Å². The number of carbonyl (C=O) groups is 3. The molecule has 3 amide bonds. The first kappa shape index (κ1) is 26.9. The molecule has 0 aliphatic rings. The van der Waals surface area contributed by atoms with Crippen molar-refractivity contribution < 1.29 is 23.2 Å². The van der Waals surface area contributed by atoms with Gasteiger partial charge in [-0.05, 0) is 62.1 Å². The summed E-state index contributed by atoms with van der Waals surface area (Å²) in [4.78, 5) is 42.2. The van der Waals surface area contributed by atoms with Crippen LogP contribution in [0.2, 0.25) is 0 Å². The Morgan fingerprint density at radius 2 is 1.75 bits per heavy atom. The number of likely N-dealkylation sites (N-methyl/N-ethyl adjacent to an activating group) is 1. The third kappa shape index (κ3) is 5.58. The quantitative estimate of drug-likeness (QED) is 0.479. The molecule has 1 aromatic heterocycles. The first-order valence-electron chi connectivity index (χ1n) is 12.1. The van der Waals surface area contributed by atoms with Gasteiger partial charge in [-0.2, -0.15) is 0 Å². The summed E-state index contributed by atoms with van der Waals surface area (Å²) in [5.41, 5.74) is 1.39. The van der Waals surface area contributed by atoms with Gasteiger partial charge in [0.05, 0.1) is 0 Å². The summed E-state index contributed by atoms with van der Waals surface area (Å²) in [5.74, 6) is -1.82. The van der Waals surface area contributed by atoms with Gasteiger partial charge >= 0.3 is 0 Å². The number of aryl methyl sites for hydroxylation is 2. The van der Waals surface area contributed by atoms with Crippen LogP contribution >= 0.6 is 0 Å². The molecule has 0 radical (unpaired) electrons. The third-order valence-electron chi connectivity index (χ3n) is 6.49. The fourth-order valence-electron chi connectivity index (χ4n) is 3.99. The maximum Gasteiger partial charge on any atom is 0.290 e. The van der Waals surface area contributed by atoms with E-state index in [2.05, 4.69) is 5.32 Å². The monoisotopic (exact) mass is 495 g/mol. The standard InChI is InChI=1S/C28H34FN3O4/c1-7-18-12-13-23-20(14-18)15-24(36-23)26(34)32(17-25(33)31(5)6)28(3,4)27(35)30-16-21-19(8-2)10-9-11-22(21)29/h9-15H,7-8,16-17H2,1-6H3,(H,30,35). The van der Waals surface area contributed by atoms with Crippen molar-refractivity contribution in [3.05, 3.63) is 70.7 Å². The number of fused-ring (bicyclic) bond motifs is 1. The molecule has 1 N–H and O–H groups in total. The van der Waals surface area contributed by atoms with Gasteiger partial charge in [0.1, 0.15) is 23.5 Å². The summed E-state index contributed by atoms with van der Waals surface area (Å²) in [6, 6.07) is 12.1. The van der Waals surface area contributed by atoms with Gasteiger partial charge in [0.2, 0.25) is 11.8 Å². The highest BCUT2D eigenvalue weighted by molar-refractivity contribution is 6.01. The van der Waals surface area contributed by atoms with Crippen LogP contribution in [0.3, 0.4) is 0 Å². The minimum absolute atomic E-state index is 0.0352. The number of furan rings is 1. The summed E-state index contributed by atoms with van der Waals surface area (Å²) in [6.07, 6.45) is 1.45. The fraction of sp³-hybridized carbons (Fsp3) is 0.393. The normalized spacial score (nSPS) is 11.4. The van der Waals surface area contributed by atoms with Gasteiger partial charge in [0.15, 0.2) is 5.76 Å². The molecule has 1 heterocycles. The zero-order valence-corrected chi connectivity index (χ0v) is 21.8. The Morgan fingerprint density at radius 3 is 2.39 bits per heavy atom. The number of halogens is 1. The molecular weight excluding hydrogens is 461 g/mol. The third-order valence-corrected chi connectivity index (χ3v) is 6.49. The van der Waals surface area contributed by atoms with E-state index in [9.17, 15) is 18.8 Å². The number of amides is 3. The van der Waals surface area contributed by atoms with E-state index in [-0.39, 0.29) is 24.8 Å². The Balaban J connectivity index is 1.91. The van der Waals surface area contributed by atoms with Gasteiger partial charge in [-0.1, -0.05) is 32.0 Å². The van der Waals surface area contributed by atoms with E-state index < -0.39 is 23.2 Å². The summed E-state index contributed by atoms with van der Waals surface area (Å²) in [6.45, 7) is 6.70. The molecule has 0 spiro atoms. The number of benzene rings is 2. The number of hydrogen-bond acceptors (Lipinski definition) is 4. The van der Waals surface area contributed by atoms with Crippen molar-refractivity contribution >= 4 is 28.7 Å². The second-order valence-corrected chi connectivity index (χ2v) is 9.49. The van der Waals surface area contributed by atoms with Gasteiger partial charge in [-0.3, -0.25) is 14.4 Å². The van der Waals surface area contributed by atoms with Gasteiger partial charge in [0.25, 0.3) is 5.91 Å². The Labute approximate surface area is 211 Å². The van der Waals surface area contributed by atoms with E-state index in [1.54, 1.807) is 46.1 Å². The molecule has 0 aliphatic carbocycles. The fourth-order valence-corrected chi connectivity index (χ4v) is 3.99. The molecule has 192 valence electrons. The van der Waals surface area contributed by atoms with Crippen molar-refractivity contribution in [3.8, 4) is 0 Å². The summed E-state index contributed by atoms with van der Waals surface area (Å²) >= 11 is 0. The molecule has 0 bridgehead atoms. The predicted molar refractivity (Wildman–Crippen MR) is 137 cm³/mol. The van der Waals surface area contributed by atoms with Crippen LogP contribution in [0.5, 0.6) is 0 Å². The Hall–Kier alpha value is -3.68. The summed E-state index contributed by atoms with van der Waals surface area (Å²) in [5, 5.41) is 3.53. The van der Waals surface area contributed by atoms with Crippen LogP contribution in [0.4, 0.5) is 4.39 Å². The van der Waals surface area contributed by atoms with Crippen molar-refractivity contribution in [2.75, 3.05) is 20.6 Å². The minimum atomic E-state index is -1.44. The lowest BCUT2D eigenvalue weighted by Gasteiger charge is -2.37. The Morgan fingerprint density at radius 1 is 1.03 bits per heavy atom. The molecular formula is C28H34FN3O4. The van der Waals surface area contributed by atoms with Crippen molar-refractivity contribution in [1.29, 1.82) is 0 Å². The van der Waals surface area contributed by atoms with Gasteiger partial charge in [0, 0.05) is 31.6 Å². The van der Waals surface area contributed by atoms with Crippen LogP contribution in [0.15, 0.2) is 46.9 Å². The lowest BCUT2D eigenvalue weighted by atomic mass is 9.99. The highest BCUT2D eigenvalue weighted by Gasteiger charge is 2.40. The van der Waals surface area contributed by atoms with E-state index >= 15 is 0 Å². The second kappa shape index (κ2) is 10.9. The van der Waals surface area contributed by atoms with Gasteiger partial charge in [-0.15, -0.1) is 0 Å². The molecule has 0 atom stereocenters. The molecule has 3 rings (SSSR count). The first-order chi connectivity index (χ1) is 17.0. The number of carbonyl (C=O) groups excluding carboxylic acids is 3. The molecule has 8 heteroatoms. The smallest absolute Gasteiger partial charge is 0.290 e. The van der Waals surface area contributed by atoms with Gasteiger partial charge in [-0.25, -0.2) is 4.39 Å². The van der Waals surface area contributed by atoms with Crippen LogP contribution in [0.25, 0.3) is 11.0 Å². The zero-order valence-electron chi connectivity index (χ0n) is 21.8. The molecule has 7 nitrogen and oxygen atoms in total. The Kier molecular flexibility index (Phi) is 8.17.